The molecule has 15 heavy (non-hydrogen) atoms. The van der Waals surface area contributed by atoms with Crippen molar-refractivity contribution >= 4 is 6.03 Å². The summed E-state index contributed by atoms with van der Waals surface area (Å²) in [6.07, 6.45) is 0.965. The number of carbonyl (C=O) groups is 1. The molecule has 0 fully saturated rings. The second-order valence-electron chi connectivity index (χ2n) is 3.74. The Balaban J connectivity index is 4.39. The second kappa shape index (κ2) is 7.51. The molecule has 0 aromatic carbocycles. The number of amides is 2. The van der Waals surface area contributed by atoms with Gasteiger partial charge in [-0.3, -0.25) is 0 Å². The van der Waals surface area contributed by atoms with Crippen LogP contribution in [0.5, 0.6) is 0 Å². The number of ether oxygens (including phenoxy) is 1. The molecule has 0 heterocycles. The zero-order chi connectivity index (χ0) is 11.8. The van der Waals surface area contributed by atoms with Gasteiger partial charge in [0.15, 0.2) is 0 Å². The highest BCUT2D eigenvalue weighted by Gasteiger charge is 2.20. The maximum absolute atomic E-state index is 12.0. The molecule has 4 heteroatoms. The van der Waals surface area contributed by atoms with E-state index in [1.54, 1.807) is 12.0 Å². The molecule has 0 bridgehead atoms. The molecule has 1 unspecified atom stereocenters. The van der Waals surface area contributed by atoms with Crippen LogP contribution in [0.3, 0.4) is 0 Å². The minimum absolute atomic E-state index is 0.0869. The monoisotopic (exact) mass is 216 g/mol. The van der Waals surface area contributed by atoms with Crippen LogP contribution in [0.15, 0.2) is 0 Å². The number of rotatable bonds is 6. The van der Waals surface area contributed by atoms with Crippen molar-refractivity contribution < 1.29 is 9.53 Å². The summed E-state index contributed by atoms with van der Waals surface area (Å²) in [6.45, 7) is 8.12. The highest BCUT2D eigenvalue weighted by Crippen LogP contribution is 2.06. The van der Waals surface area contributed by atoms with Crippen molar-refractivity contribution in [1.82, 2.24) is 9.80 Å². The van der Waals surface area contributed by atoms with Crippen LogP contribution in [0, 0.1) is 0 Å². The molecular weight excluding hydrogens is 192 g/mol. The summed E-state index contributed by atoms with van der Waals surface area (Å²) in [5.41, 5.74) is 0. The Morgan fingerprint density at radius 2 is 2.00 bits per heavy atom. The first-order valence-electron chi connectivity index (χ1n) is 5.59. The number of hydrogen-bond donors (Lipinski definition) is 0. The Kier molecular flexibility index (Phi) is 7.13. The normalized spacial score (nSPS) is 12.3. The molecule has 0 aliphatic heterocycles. The summed E-state index contributed by atoms with van der Waals surface area (Å²) >= 11 is 0. The first kappa shape index (κ1) is 14.2. The van der Waals surface area contributed by atoms with Crippen LogP contribution >= 0.6 is 0 Å². The van der Waals surface area contributed by atoms with E-state index in [1.165, 1.54) is 0 Å². The second-order valence-corrected chi connectivity index (χ2v) is 3.74. The third-order valence-electron chi connectivity index (χ3n) is 2.71. The number of methoxy groups -OCH3 is 1. The van der Waals surface area contributed by atoms with Gasteiger partial charge in [-0.25, -0.2) is 4.79 Å². The lowest BCUT2D eigenvalue weighted by atomic mass is 10.2. The van der Waals surface area contributed by atoms with E-state index in [0.717, 1.165) is 13.0 Å². The van der Waals surface area contributed by atoms with Crippen LogP contribution in [-0.4, -0.2) is 55.7 Å². The fourth-order valence-corrected chi connectivity index (χ4v) is 1.27. The summed E-state index contributed by atoms with van der Waals surface area (Å²) in [6, 6.07) is 0.352. The fourth-order valence-electron chi connectivity index (χ4n) is 1.27. The molecule has 2 amide bonds. The Morgan fingerprint density at radius 3 is 2.40 bits per heavy atom. The van der Waals surface area contributed by atoms with Crippen molar-refractivity contribution in [3.63, 3.8) is 0 Å². The smallest absolute Gasteiger partial charge is 0.320 e. The average Bonchev–Trinajstić information content (AvgIpc) is 2.27. The van der Waals surface area contributed by atoms with E-state index in [1.807, 2.05) is 18.9 Å². The lowest BCUT2D eigenvalue weighted by molar-refractivity contribution is 0.114. The molecule has 0 radical (unpaired) electrons. The van der Waals surface area contributed by atoms with E-state index in [4.69, 9.17) is 4.74 Å². The van der Waals surface area contributed by atoms with E-state index >= 15 is 0 Å². The number of carbonyl (C=O) groups excluding carboxylic acids is 1. The average molecular weight is 216 g/mol. The summed E-state index contributed by atoms with van der Waals surface area (Å²) in [5.74, 6) is 0. The molecule has 0 aliphatic rings. The van der Waals surface area contributed by atoms with Crippen LogP contribution < -0.4 is 0 Å². The van der Waals surface area contributed by atoms with Gasteiger partial charge in [0.25, 0.3) is 0 Å². The number of urea groups is 1. The quantitative estimate of drug-likeness (QED) is 0.678. The van der Waals surface area contributed by atoms with E-state index in [2.05, 4.69) is 13.8 Å². The van der Waals surface area contributed by atoms with Gasteiger partial charge in [0.05, 0.1) is 6.61 Å². The standard InChI is InChI=1S/C11H24N2O2/c1-6-10(3)13(8-9-15-5)11(14)12(4)7-2/h10H,6-9H2,1-5H3. The van der Waals surface area contributed by atoms with E-state index in [9.17, 15) is 4.79 Å². The molecule has 4 nitrogen and oxygen atoms in total. The first-order chi connectivity index (χ1) is 7.08. The SMILES string of the molecule is CCC(C)N(CCOC)C(=O)N(C)CC. The van der Waals surface area contributed by atoms with Gasteiger partial charge < -0.3 is 14.5 Å². The van der Waals surface area contributed by atoms with Crippen LogP contribution in [0.2, 0.25) is 0 Å². The van der Waals surface area contributed by atoms with Gasteiger partial charge in [0.1, 0.15) is 0 Å². The molecule has 0 saturated carbocycles. The minimum Gasteiger partial charge on any atom is -0.383 e. The van der Waals surface area contributed by atoms with Gasteiger partial charge in [-0.15, -0.1) is 0 Å². The zero-order valence-electron chi connectivity index (χ0n) is 10.6. The Labute approximate surface area is 93.2 Å². The maximum atomic E-state index is 12.0. The van der Waals surface area contributed by atoms with Crippen molar-refractivity contribution in [3.8, 4) is 0 Å². The van der Waals surface area contributed by atoms with E-state index in [-0.39, 0.29) is 12.1 Å². The van der Waals surface area contributed by atoms with Gasteiger partial charge in [-0.2, -0.15) is 0 Å². The molecule has 0 rings (SSSR count). The Hall–Kier alpha value is -0.770. The molecule has 0 aromatic rings. The van der Waals surface area contributed by atoms with Crippen molar-refractivity contribution in [3.05, 3.63) is 0 Å². The van der Waals surface area contributed by atoms with Crippen molar-refractivity contribution in [2.24, 2.45) is 0 Å². The summed E-state index contributed by atoms with van der Waals surface area (Å²) in [7, 11) is 3.48. The predicted octanol–water partition coefficient (Wildman–Crippen LogP) is 1.81. The Morgan fingerprint density at radius 1 is 1.40 bits per heavy atom. The van der Waals surface area contributed by atoms with E-state index < -0.39 is 0 Å². The van der Waals surface area contributed by atoms with Gasteiger partial charge in [-0.1, -0.05) is 6.92 Å². The molecule has 0 N–H and O–H groups in total. The van der Waals surface area contributed by atoms with Gasteiger partial charge >= 0.3 is 6.03 Å². The van der Waals surface area contributed by atoms with Crippen LogP contribution in [-0.2, 0) is 4.74 Å². The minimum atomic E-state index is 0.0869. The van der Waals surface area contributed by atoms with Gasteiger partial charge in [-0.05, 0) is 20.3 Å². The first-order valence-corrected chi connectivity index (χ1v) is 5.59. The molecule has 0 spiro atoms. The summed E-state index contributed by atoms with van der Waals surface area (Å²) < 4.78 is 5.02. The van der Waals surface area contributed by atoms with Crippen molar-refractivity contribution in [1.29, 1.82) is 0 Å². The lowest BCUT2D eigenvalue weighted by Gasteiger charge is -2.32. The molecule has 0 aliphatic carbocycles. The third-order valence-corrected chi connectivity index (χ3v) is 2.71. The van der Waals surface area contributed by atoms with Crippen molar-refractivity contribution in [2.75, 3.05) is 33.9 Å². The highest BCUT2D eigenvalue weighted by atomic mass is 16.5. The summed E-state index contributed by atoms with van der Waals surface area (Å²) in [4.78, 5) is 15.6. The molecule has 0 aromatic heterocycles. The van der Waals surface area contributed by atoms with Crippen LogP contribution in [0.1, 0.15) is 27.2 Å². The zero-order valence-corrected chi connectivity index (χ0v) is 10.6. The molecular formula is C11H24N2O2. The molecule has 90 valence electrons. The van der Waals surface area contributed by atoms with Gasteiger partial charge in [0, 0.05) is 33.3 Å². The highest BCUT2D eigenvalue weighted by molar-refractivity contribution is 5.74. The molecule has 1 atom stereocenters. The number of nitrogens with zero attached hydrogens (tertiary/aromatic N) is 2. The fraction of sp³-hybridized carbons (Fsp3) is 0.909. The summed E-state index contributed by atoms with van der Waals surface area (Å²) in [5, 5.41) is 0. The van der Waals surface area contributed by atoms with Crippen LogP contribution in [0.25, 0.3) is 0 Å². The topological polar surface area (TPSA) is 32.8 Å². The largest absolute Gasteiger partial charge is 0.383 e. The maximum Gasteiger partial charge on any atom is 0.320 e. The number of hydrogen-bond acceptors (Lipinski definition) is 2. The third kappa shape index (κ3) is 4.51. The van der Waals surface area contributed by atoms with Gasteiger partial charge in [0.2, 0.25) is 0 Å². The molecule has 0 saturated heterocycles. The van der Waals surface area contributed by atoms with E-state index in [0.29, 0.717) is 13.2 Å². The lowest BCUT2D eigenvalue weighted by Crippen LogP contribution is -2.47. The van der Waals surface area contributed by atoms with Crippen LogP contribution in [0.4, 0.5) is 4.79 Å². The van der Waals surface area contributed by atoms with Crippen molar-refractivity contribution in [2.45, 2.75) is 33.2 Å². The predicted molar refractivity (Wildman–Crippen MR) is 62.0 cm³/mol. The Bertz CT molecular complexity index is 185.